The lowest BCUT2D eigenvalue weighted by molar-refractivity contribution is -0.134. The van der Waals surface area contributed by atoms with E-state index < -0.39 is 0 Å². The highest BCUT2D eigenvalue weighted by Crippen LogP contribution is 2.24. The number of carbonyl (C=O) groups is 2. The molecule has 0 spiro atoms. The van der Waals surface area contributed by atoms with Crippen LogP contribution < -0.4 is 0 Å². The standard InChI is InChI=1S/C14H24N2O3/c1-14(2,3)10-12(17)15-6-4-11(5-7-15)16-8-9-19-13(16)18/h11H,4-10H2,1-3H3. The lowest BCUT2D eigenvalue weighted by Crippen LogP contribution is -2.47. The molecule has 2 fully saturated rings. The SMILES string of the molecule is CC(C)(C)CC(=O)N1CCC(N2CCOC2=O)CC1. The molecule has 5 nitrogen and oxygen atoms in total. The summed E-state index contributed by atoms with van der Waals surface area (Å²) >= 11 is 0. The number of hydrogen-bond donors (Lipinski definition) is 0. The minimum Gasteiger partial charge on any atom is -0.448 e. The highest BCUT2D eigenvalue weighted by atomic mass is 16.6. The van der Waals surface area contributed by atoms with Gasteiger partial charge in [-0.15, -0.1) is 0 Å². The maximum absolute atomic E-state index is 12.1. The minimum atomic E-state index is -0.195. The number of ether oxygens (including phenoxy) is 1. The molecule has 0 radical (unpaired) electrons. The zero-order chi connectivity index (χ0) is 14.0. The summed E-state index contributed by atoms with van der Waals surface area (Å²) in [5, 5.41) is 0. The van der Waals surface area contributed by atoms with E-state index in [1.807, 2.05) is 9.80 Å². The molecule has 0 aromatic rings. The van der Waals surface area contributed by atoms with Crippen LogP contribution in [0.4, 0.5) is 4.79 Å². The minimum absolute atomic E-state index is 0.0344. The van der Waals surface area contributed by atoms with E-state index in [9.17, 15) is 9.59 Å². The number of cyclic esters (lactones) is 1. The predicted molar refractivity (Wildman–Crippen MR) is 71.7 cm³/mol. The van der Waals surface area contributed by atoms with Gasteiger partial charge in [-0.25, -0.2) is 4.79 Å². The molecule has 0 saturated carbocycles. The number of nitrogens with zero attached hydrogens (tertiary/aromatic N) is 2. The van der Waals surface area contributed by atoms with Crippen molar-refractivity contribution in [2.75, 3.05) is 26.2 Å². The fraction of sp³-hybridized carbons (Fsp3) is 0.857. The van der Waals surface area contributed by atoms with Gasteiger partial charge in [0, 0.05) is 25.6 Å². The van der Waals surface area contributed by atoms with Gasteiger partial charge in [0.05, 0.1) is 6.54 Å². The number of amides is 2. The third kappa shape index (κ3) is 3.61. The van der Waals surface area contributed by atoms with Crippen LogP contribution in [0.1, 0.15) is 40.0 Å². The number of piperidine rings is 1. The summed E-state index contributed by atoms with van der Waals surface area (Å²) < 4.78 is 4.97. The van der Waals surface area contributed by atoms with Gasteiger partial charge in [-0.2, -0.15) is 0 Å². The smallest absolute Gasteiger partial charge is 0.410 e. The van der Waals surface area contributed by atoms with Crippen LogP contribution in [0.2, 0.25) is 0 Å². The quantitative estimate of drug-likeness (QED) is 0.768. The number of rotatable bonds is 2. The third-order valence-electron chi connectivity index (χ3n) is 3.73. The maximum Gasteiger partial charge on any atom is 0.410 e. The largest absolute Gasteiger partial charge is 0.448 e. The molecule has 0 aromatic carbocycles. The second-order valence-corrected chi connectivity index (χ2v) is 6.66. The first-order valence-electron chi connectivity index (χ1n) is 7.08. The van der Waals surface area contributed by atoms with Crippen molar-refractivity contribution in [3.05, 3.63) is 0 Å². The van der Waals surface area contributed by atoms with E-state index in [0.29, 0.717) is 19.6 Å². The fourth-order valence-corrected chi connectivity index (χ4v) is 2.73. The van der Waals surface area contributed by atoms with E-state index in [0.717, 1.165) is 25.9 Å². The molecule has 0 N–H and O–H groups in total. The Balaban J connectivity index is 1.82. The van der Waals surface area contributed by atoms with E-state index in [1.165, 1.54) is 0 Å². The average molecular weight is 268 g/mol. The lowest BCUT2D eigenvalue weighted by Gasteiger charge is -2.36. The van der Waals surface area contributed by atoms with E-state index in [-0.39, 0.29) is 23.5 Å². The molecule has 2 amide bonds. The Morgan fingerprint density at radius 3 is 2.37 bits per heavy atom. The van der Waals surface area contributed by atoms with Crippen LogP contribution in [0.5, 0.6) is 0 Å². The van der Waals surface area contributed by atoms with Gasteiger partial charge in [-0.1, -0.05) is 20.8 Å². The van der Waals surface area contributed by atoms with Gasteiger partial charge in [0.15, 0.2) is 0 Å². The summed E-state index contributed by atoms with van der Waals surface area (Å²) in [5.41, 5.74) is 0.0344. The average Bonchev–Trinajstić information content (AvgIpc) is 2.73. The van der Waals surface area contributed by atoms with Gasteiger partial charge in [-0.3, -0.25) is 4.79 Å². The monoisotopic (exact) mass is 268 g/mol. The van der Waals surface area contributed by atoms with Gasteiger partial charge in [-0.05, 0) is 18.3 Å². The molecule has 0 atom stereocenters. The molecule has 2 aliphatic rings. The van der Waals surface area contributed by atoms with E-state index in [2.05, 4.69) is 20.8 Å². The van der Waals surface area contributed by atoms with Gasteiger partial charge in [0.25, 0.3) is 0 Å². The summed E-state index contributed by atoms with van der Waals surface area (Å²) in [6.45, 7) is 8.95. The van der Waals surface area contributed by atoms with Crippen LogP contribution in [0, 0.1) is 5.41 Å². The Labute approximate surface area is 114 Å². The normalized spacial score (nSPS) is 21.7. The van der Waals surface area contributed by atoms with Crippen LogP contribution in [0.15, 0.2) is 0 Å². The first-order valence-corrected chi connectivity index (χ1v) is 7.08. The number of likely N-dealkylation sites (tertiary alicyclic amines) is 1. The summed E-state index contributed by atoms with van der Waals surface area (Å²) in [4.78, 5) is 27.4. The Kier molecular flexibility index (Phi) is 4.02. The van der Waals surface area contributed by atoms with Crippen LogP contribution in [-0.4, -0.2) is 54.1 Å². The topological polar surface area (TPSA) is 49.9 Å². The fourth-order valence-electron chi connectivity index (χ4n) is 2.73. The summed E-state index contributed by atoms with van der Waals surface area (Å²) in [7, 11) is 0. The molecule has 2 aliphatic heterocycles. The molecule has 0 bridgehead atoms. The Morgan fingerprint density at radius 1 is 1.26 bits per heavy atom. The maximum atomic E-state index is 12.1. The zero-order valence-corrected chi connectivity index (χ0v) is 12.1. The molecular weight excluding hydrogens is 244 g/mol. The molecule has 0 aliphatic carbocycles. The Hall–Kier alpha value is -1.26. The van der Waals surface area contributed by atoms with Crippen molar-refractivity contribution in [3.8, 4) is 0 Å². The van der Waals surface area contributed by atoms with Crippen molar-refractivity contribution in [2.45, 2.75) is 46.1 Å². The lowest BCUT2D eigenvalue weighted by atomic mass is 9.91. The van der Waals surface area contributed by atoms with Crippen LogP contribution in [0.25, 0.3) is 0 Å². The molecule has 19 heavy (non-hydrogen) atoms. The first-order chi connectivity index (χ1) is 8.87. The molecule has 2 saturated heterocycles. The summed E-state index contributed by atoms with van der Waals surface area (Å²) in [5.74, 6) is 0.231. The van der Waals surface area contributed by atoms with Crippen LogP contribution >= 0.6 is 0 Å². The summed E-state index contributed by atoms with van der Waals surface area (Å²) in [6.07, 6.45) is 2.12. The number of carbonyl (C=O) groups excluding carboxylic acids is 2. The molecule has 5 heteroatoms. The Bertz CT molecular complexity index is 354. The van der Waals surface area contributed by atoms with Gasteiger partial charge < -0.3 is 14.5 Å². The van der Waals surface area contributed by atoms with Crippen molar-refractivity contribution in [2.24, 2.45) is 5.41 Å². The zero-order valence-electron chi connectivity index (χ0n) is 12.1. The van der Waals surface area contributed by atoms with E-state index >= 15 is 0 Å². The third-order valence-corrected chi connectivity index (χ3v) is 3.73. The van der Waals surface area contributed by atoms with Crippen molar-refractivity contribution in [3.63, 3.8) is 0 Å². The van der Waals surface area contributed by atoms with Crippen molar-refractivity contribution in [1.29, 1.82) is 0 Å². The highest BCUT2D eigenvalue weighted by molar-refractivity contribution is 5.77. The van der Waals surface area contributed by atoms with Gasteiger partial charge >= 0.3 is 6.09 Å². The molecule has 108 valence electrons. The molecule has 0 aromatic heterocycles. The van der Waals surface area contributed by atoms with Gasteiger partial charge in [0.2, 0.25) is 5.91 Å². The van der Waals surface area contributed by atoms with Crippen LogP contribution in [-0.2, 0) is 9.53 Å². The molecule has 2 heterocycles. The second-order valence-electron chi connectivity index (χ2n) is 6.66. The molecular formula is C14H24N2O3. The van der Waals surface area contributed by atoms with Gasteiger partial charge in [0.1, 0.15) is 6.61 Å². The predicted octanol–water partition coefficient (Wildman–Crippen LogP) is 1.87. The highest BCUT2D eigenvalue weighted by Gasteiger charge is 2.33. The Morgan fingerprint density at radius 2 is 1.89 bits per heavy atom. The molecule has 0 unspecified atom stereocenters. The second kappa shape index (κ2) is 5.39. The van der Waals surface area contributed by atoms with E-state index in [4.69, 9.17) is 4.74 Å². The molecule has 2 rings (SSSR count). The van der Waals surface area contributed by atoms with Crippen molar-refractivity contribution >= 4 is 12.0 Å². The number of hydrogen-bond acceptors (Lipinski definition) is 3. The summed E-state index contributed by atoms with van der Waals surface area (Å²) in [6, 6.07) is 0.244. The first kappa shape index (κ1) is 14.2. The van der Waals surface area contributed by atoms with Crippen molar-refractivity contribution in [1.82, 2.24) is 9.80 Å². The van der Waals surface area contributed by atoms with E-state index in [1.54, 1.807) is 0 Å². The van der Waals surface area contributed by atoms with Crippen LogP contribution in [0.3, 0.4) is 0 Å². The van der Waals surface area contributed by atoms with Crippen molar-refractivity contribution < 1.29 is 14.3 Å².